The first-order valence-electron chi connectivity index (χ1n) is 9.69. The Morgan fingerprint density at radius 2 is 1.90 bits per heavy atom. The average Bonchev–Trinajstić information content (AvgIpc) is 3.11. The van der Waals surface area contributed by atoms with Gasteiger partial charge in [-0.15, -0.1) is 0 Å². The summed E-state index contributed by atoms with van der Waals surface area (Å²) in [6.07, 6.45) is 5.12. The minimum atomic E-state index is -0.114. The van der Waals surface area contributed by atoms with E-state index in [1.165, 1.54) is 0 Å². The normalized spacial score (nSPS) is 16.6. The maximum absolute atomic E-state index is 12.8. The van der Waals surface area contributed by atoms with Crippen LogP contribution in [0.4, 0.5) is 0 Å². The van der Waals surface area contributed by atoms with Gasteiger partial charge in [-0.05, 0) is 53.6 Å². The summed E-state index contributed by atoms with van der Waals surface area (Å²) in [5, 5.41) is 0. The number of benzene rings is 2. The third kappa shape index (κ3) is 3.42. The van der Waals surface area contributed by atoms with Crippen LogP contribution in [0.5, 0.6) is 17.2 Å². The Morgan fingerprint density at radius 3 is 2.67 bits per heavy atom. The van der Waals surface area contributed by atoms with Crippen LogP contribution in [0.15, 0.2) is 66.7 Å². The van der Waals surface area contributed by atoms with Gasteiger partial charge in [0.1, 0.15) is 24.0 Å². The van der Waals surface area contributed by atoms with E-state index in [1.807, 2.05) is 42.5 Å². The molecule has 0 spiro atoms. The lowest BCUT2D eigenvalue weighted by atomic mass is 10.0. The number of carbonyl (C=O) groups excluding carboxylic acids is 1. The van der Waals surface area contributed by atoms with Gasteiger partial charge in [0.05, 0.1) is 18.2 Å². The number of aromatic nitrogens is 1. The zero-order valence-corrected chi connectivity index (χ0v) is 16.5. The first-order chi connectivity index (χ1) is 14.7. The minimum Gasteiger partial charge on any atom is -0.497 e. The smallest absolute Gasteiger partial charge is 0.231 e. The third-order valence-electron chi connectivity index (χ3n) is 5.25. The largest absolute Gasteiger partial charge is 0.497 e. The van der Waals surface area contributed by atoms with Gasteiger partial charge in [0, 0.05) is 25.5 Å². The number of hydrogen-bond donors (Lipinski definition) is 0. The van der Waals surface area contributed by atoms with E-state index in [9.17, 15) is 4.79 Å². The second kappa shape index (κ2) is 7.65. The molecule has 6 nitrogen and oxygen atoms in total. The van der Waals surface area contributed by atoms with Crippen molar-refractivity contribution in [1.29, 1.82) is 0 Å². The van der Waals surface area contributed by atoms with Crippen molar-refractivity contribution in [2.24, 2.45) is 0 Å². The van der Waals surface area contributed by atoms with Gasteiger partial charge in [0.15, 0.2) is 5.76 Å². The summed E-state index contributed by atoms with van der Waals surface area (Å²) in [7, 11) is 1.66. The molecule has 2 aromatic carbocycles. The summed E-state index contributed by atoms with van der Waals surface area (Å²) in [5.41, 5.74) is 3.50. The monoisotopic (exact) mass is 400 g/mol. The molecule has 0 saturated carbocycles. The molecular formula is C24H20N2O4. The Bertz CT molecular complexity index is 1120. The van der Waals surface area contributed by atoms with Gasteiger partial charge in [-0.3, -0.25) is 14.7 Å². The highest BCUT2D eigenvalue weighted by atomic mass is 16.5. The van der Waals surface area contributed by atoms with Crippen molar-refractivity contribution < 1.29 is 19.0 Å². The van der Waals surface area contributed by atoms with E-state index in [-0.39, 0.29) is 5.78 Å². The molecule has 30 heavy (non-hydrogen) atoms. The van der Waals surface area contributed by atoms with Crippen molar-refractivity contribution in [2.45, 2.75) is 13.1 Å². The van der Waals surface area contributed by atoms with Crippen LogP contribution in [-0.2, 0) is 13.1 Å². The molecule has 0 saturated heterocycles. The zero-order chi connectivity index (χ0) is 20.5. The molecule has 1 aromatic heterocycles. The Hall–Kier alpha value is -3.64. The molecule has 0 bridgehead atoms. The molecule has 0 amide bonds. The van der Waals surface area contributed by atoms with E-state index >= 15 is 0 Å². The van der Waals surface area contributed by atoms with Crippen LogP contribution in [0.25, 0.3) is 6.08 Å². The summed E-state index contributed by atoms with van der Waals surface area (Å²) >= 11 is 0. The van der Waals surface area contributed by atoms with Gasteiger partial charge >= 0.3 is 0 Å². The van der Waals surface area contributed by atoms with Gasteiger partial charge in [-0.25, -0.2) is 0 Å². The highest BCUT2D eigenvalue weighted by molar-refractivity contribution is 6.15. The SMILES string of the molecule is COc1ccc(CN2COc3ccc4c(c3C2)O/C(=C\c2ccncc2)C4=O)cc1. The van der Waals surface area contributed by atoms with E-state index < -0.39 is 0 Å². The number of rotatable bonds is 4. The molecule has 0 fully saturated rings. The predicted octanol–water partition coefficient (Wildman–Crippen LogP) is 4.06. The fraction of sp³-hybridized carbons (Fsp3) is 0.167. The van der Waals surface area contributed by atoms with Crippen molar-refractivity contribution in [3.8, 4) is 17.2 Å². The molecule has 6 heteroatoms. The number of ether oxygens (including phenoxy) is 3. The quantitative estimate of drug-likeness (QED) is 0.616. The number of fused-ring (bicyclic) bond motifs is 3. The zero-order valence-electron chi connectivity index (χ0n) is 16.5. The molecule has 0 atom stereocenters. The molecule has 5 rings (SSSR count). The van der Waals surface area contributed by atoms with E-state index in [0.29, 0.717) is 30.3 Å². The van der Waals surface area contributed by atoms with E-state index in [0.717, 1.165) is 34.7 Å². The van der Waals surface area contributed by atoms with Crippen LogP contribution in [0.1, 0.15) is 27.0 Å². The summed E-state index contributed by atoms with van der Waals surface area (Å²) in [6.45, 7) is 1.84. The van der Waals surface area contributed by atoms with Crippen molar-refractivity contribution in [1.82, 2.24) is 9.88 Å². The highest BCUT2D eigenvalue weighted by Crippen LogP contribution is 2.42. The van der Waals surface area contributed by atoms with Gasteiger partial charge in [0.25, 0.3) is 0 Å². The van der Waals surface area contributed by atoms with Crippen molar-refractivity contribution >= 4 is 11.9 Å². The van der Waals surface area contributed by atoms with E-state index in [2.05, 4.69) is 9.88 Å². The van der Waals surface area contributed by atoms with Gasteiger partial charge in [0.2, 0.25) is 5.78 Å². The second-order valence-electron chi connectivity index (χ2n) is 7.25. The van der Waals surface area contributed by atoms with Crippen LogP contribution in [0.3, 0.4) is 0 Å². The number of ketones is 1. The van der Waals surface area contributed by atoms with Crippen LogP contribution in [-0.4, -0.2) is 29.5 Å². The molecule has 0 unspecified atom stereocenters. The predicted molar refractivity (Wildman–Crippen MR) is 111 cm³/mol. The number of methoxy groups -OCH3 is 1. The number of pyridine rings is 1. The first kappa shape index (κ1) is 18.4. The van der Waals surface area contributed by atoms with Gasteiger partial charge in [-0.1, -0.05) is 12.1 Å². The maximum atomic E-state index is 12.8. The van der Waals surface area contributed by atoms with Crippen molar-refractivity contribution in [3.63, 3.8) is 0 Å². The maximum Gasteiger partial charge on any atom is 0.231 e. The number of hydrogen-bond acceptors (Lipinski definition) is 6. The fourth-order valence-electron chi connectivity index (χ4n) is 3.71. The fourth-order valence-corrected chi connectivity index (χ4v) is 3.71. The Morgan fingerprint density at radius 1 is 1.10 bits per heavy atom. The number of carbonyl (C=O) groups is 1. The number of nitrogens with zero attached hydrogens (tertiary/aromatic N) is 2. The van der Waals surface area contributed by atoms with E-state index in [1.54, 1.807) is 31.6 Å². The lowest BCUT2D eigenvalue weighted by Crippen LogP contribution is -2.31. The topological polar surface area (TPSA) is 60.9 Å². The average molecular weight is 400 g/mol. The van der Waals surface area contributed by atoms with Crippen LogP contribution in [0, 0.1) is 0 Å². The molecule has 3 heterocycles. The number of Topliss-reactive ketones (excluding diaryl/α,β-unsaturated/α-hetero) is 1. The van der Waals surface area contributed by atoms with Crippen LogP contribution in [0.2, 0.25) is 0 Å². The molecule has 2 aliphatic rings. The van der Waals surface area contributed by atoms with Gasteiger partial charge < -0.3 is 14.2 Å². The van der Waals surface area contributed by atoms with Crippen molar-refractivity contribution in [2.75, 3.05) is 13.8 Å². The molecular weight excluding hydrogens is 380 g/mol. The first-order valence-corrected chi connectivity index (χ1v) is 9.69. The molecule has 3 aromatic rings. The summed E-state index contributed by atoms with van der Waals surface area (Å²) < 4.78 is 17.2. The van der Waals surface area contributed by atoms with Gasteiger partial charge in [-0.2, -0.15) is 0 Å². The van der Waals surface area contributed by atoms with Crippen LogP contribution >= 0.6 is 0 Å². The Balaban J connectivity index is 1.39. The molecule has 0 N–H and O–H groups in total. The summed E-state index contributed by atoms with van der Waals surface area (Å²) in [5.74, 6) is 2.39. The second-order valence-corrected chi connectivity index (χ2v) is 7.25. The molecule has 0 aliphatic carbocycles. The van der Waals surface area contributed by atoms with E-state index in [4.69, 9.17) is 14.2 Å². The summed E-state index contributed by atoms with van der Waals surface area (Å²) in [4.78, 5) is 19.0. The van der Waals surface area contributed by atoms with Crippen molar-refractivity contribution in [3.05, 3.63) is 88.9 Å². The Labute approximate surface area is 174 Å². The third-order valence-corrected chi connectivity index (χ3v) is 5.25. The lowest BCUT2D eigenvalue weighted by Gasteiger charge is -2.29. The minimum absolute atomic E-state index is 0.114. The lowest BCUT2D eigenvalue weighted by molar-refractivity contribution is 0.0872. The highest BCUT2D eigenvalue weighted by Gasteiger charge is 2.33. The Kier molecular flexibility index (Phi) is 4.69. The van der Waals surface area contributed by atoms with Crippen LogP contribution < -0.4 is 14.2 Å². The standard InChI is InChI=1S/C24H20N2O4/c1-28-18-4-2-17(3-5-18)13-26-14-20-21(29-15-26)7-6-19-23(27)22(30-24(19)20)12-16-8-10-25-11-9-16/h2-12H,13-15H2,1H3/b22-12-. The number of allylic oxidation sites excluding steroid dienone is 1. The molecule has 150 valence electrons. The molecule has 0 radical (unpaired) electrons. The summed E-state index contributed by atoms with van der Waals surface area (Å²) in [6, 6.07) is 15.3. The molecule has 2 aliphatic heterocycles.